The molecule has 5 heteroatoms. The van der Waals surface area contributed by atoms with Crippen LogP contribution in [0.25, 0.3) is 0 Å². The summed E-state index contributed by atoms with van der Waals surface area (Å²) in [6, 6.07) is 0. The van der Waals surface area contributed by atoms with E-state index in [9.17, 15) is 4.79 Å². The van der Waals surface area contributed by atoms with E-state index in [1.807, 2.05) is 32.9 Å². The molecular formula is C22H32N2O3. The summed E-state index contributed by atoms with van der Waals surface area (Å²) < 4.78 is 11.5. The summed E-state index contributed by atoms with van der Waals surface area (Å²) in [6.45, 7) is 9.63. The van der Waals surface area contributed by atoms with E-state index in [1.165, 1.54) is 32.4 Å². The quantitative estimate of drug-likeness (QED) is 0.782. The van der Waals surface area contributed by atoms with Crippen LogP contribution in [0.1, 0.15) is 46.5 Å². The Hall–Kier alpha value is -2.01. The maximum absolute atomic E-state index is 12.2. The van der Waals surface area contributed by atoms with E-state index < -0.39 is 11.7 Å². The number of rotatable bonds is 5. The molecule has 148 valence electrons. The third-order valence-corrected chi connectivity index (χ3v) is 4.99. The van der Waals surface area contributed by atoms with Gasteiger partial charge >= 0.3 is 6.09 Å². The SMILES string of the molecule is CC(C)(C)OC(=O)NC1=CC=C(OCCN2CCCCC2)C2=CC=CCC12. The summed E-state index contributed by atoms with van der Waals surface area (Å²) in [5.41, 5.74) is 1.48. The Morgan fingerprint density at radius 1 is 1.19 bits per heavy atom. The van der Waals surface area contributed by atoms with E-state index in [-0.39, 0.29) is 5.92 Å². The smallest absolute Gasteiger partial charge is 0.411 e. The molecule has 0 bridgehead atoms. The second-order valence-corrected chi connectivity index (χ2v) is 8.37. The zero-order valence-electron chi connectivity index (χ0n) is 16.8. The average Bonchev–Trinajstić information content (AvgIpc) is 2.63. The van der Waals surface area contributed by atoms with Gasteiger partial charge in [0, 0.05) is 23.7 Å². The van der Waals surface area contributed by atoms with E-state index in [0.29, 0.717) is 6.61 Å². The molecule has 0 aromatic rings. The van der Waals surface area contributed by atoms with Gasteiger partial charge in [0.05, 0.1) is 0 Å². The van der Waals surface area contributed by atoms with E-state index in [4.69, 9.17) is 9.47 Å². The van der Waals surface area contributed by atoms with E-state index in [1.54, 1.807) is 0 Å². The number of amides is 1. The van der Waals surface area contributed by atoms with Gasteiger partial charge in [-0.2, -0.15) is 0 Å². The molecule has 2 aliphatic carbocycles. The second kappa shape index (κ2) is 8.79. The zero-order valence-corrected chi connectivity index (χ0v) is 16.8. The molecule has 5 nitrogen and oxygen atoms in total. The summed E-state index contributed by atoms with van der Waals surface area (Å²) >= 11 is 0. The van der Waals surface area contributed by atoms with Crippen LogP contribution in [-0.4, -0.2) is 42.8 Å². The van der Waals surface area contributed by atoms with Gasteiger partial charge in [-0.15, -0.1) is 0 Å². The highest BCUT2D eigenvalue weighted by atomic mass is 16.6. The van der Waals surface area contributed by atoms with Crippen LogP contribution in [0, 0.1) is 5.92 Å². The van der Waals surface area contributed by atoms with Gasteiger partial charge in [-0.05, 0) is 65.3 Å². The third kappa shape index (κ3) is 5.73. The van der Waals surface area contributed by atoms with Gasteiger partial charge in [0.25, 0.3) is 0 Å². The number of nitrogens with zero attached hydrogens (tertiary/aromatic N) is 1. The Balaban J connectivity index is 1.61. The predicted octanol–water partition coefficient (Wildman–Crippen LogP) is 4.30. The molecule has 0 radical (unpaired) electrons. The molecule has 3 aliphatic rings. The first-order chi connectivity index (χ1) is 12.9. The largest absolute Gasteiger partial charge is 0.492 e. The predicted molar refractivity (Wildman–Crippen MR) is 107 cm³/mol. The number of piperidine rings is 1. The molecule has 3 rings (SSSR count). The second-order valence-electron chi connectivity index (χ2n) is 8.37. The molecular weight excluding hydrogens is 340 g/mol. The van der Waals surface area contributed by atoms with Gasteiger partial charge in [0.15, 0.2) is 0 Å². The molecule has 1 heterocycles. The molecule has 1 unspecified atom stereocenters. The van der Waals surface area contributed by atoms with Gasteiger partial charge < -0.3 is 9.47 Å². The Morgan fingerprint density at radius 2 is 1.96 bits per heavy atom. The number of hydrogen-bond donors (Lipinski definition) is 1. The van der Waals surface area contributed by atoms with Gasteiger partial charge in [0.2, 0.25) is 0 Å². The summed E-state index contributed by atoms with van der Waals surface area (Å²) in [4.78, 5) is 14.6. The number of likely N-dealkylation sites (tertiary alicyclic amines) is 1. The summed E-state index contributed by atoms with van der Waals surface area (Å²) in [5, 5.41) is 2.92. The van der Waals surface area contributed by atoms with Crippen LogP contribution in [0.3, 0.4) is 0 Å². The third-order valence-electron chi connectivity index (χ3n) is 4.99. The van der Waals surface area contributed by atoms with Gasteiger partial charge in [-0.25, -0.2) is 4.79 Å². The molecule has 1 saturated heterocycles. The van der Waals surface area contributed by atoms with Crippen molar-refractivity contribution < 1.29 is 14.3 Å². The van der Waals surface area contributed by atoms with Crippen molar-refractivity contribution in [3.8, 4) is 0 Å². The normalized spacial score (nSPS) is 22.9. The minimum absolute atomic E-state index is 0.109. The molecule has 1 amide bonds. The lowest BCUT2D eigenvalue weighted by atomic mass is 9.84. The molecule has 0 aromatic heterocycles. The Kier molecular flexibility index (Phi) is 6.42. The van der Waals surface area contributed by atoms with Gasteiger partial charge in [-0.1, -0.05) is 24.6 Å². The minimum Gasteiger partial charge on any atom is -0.492 e. The standard InChI is InChI=1S/C22H32N2O3/c1-22(2,3)27-21(25)23-19-11-12-20(18-10-6-5-9-17(18)19)26-16-15-24-13-7-4-8-14-24/h5-6,10-12,17H,4,7-9,13-16H2,1-3H3,(H,23,25). The summed E-state index contributed by atoms with van der Waals surface area (Å²) in [5.74, 6) is 1.02. The number of nitrogens with one attached hydrogen (secondary N) is 1. The fourth-order valence-corrected chi connectivity index (χ4v) is 3.71. The molecule has 1 N–H and O–H groups in total. The molecule has 0 saturated carbocycles. The average molecular weight is 373 g/mol. The van der Waals surface area contributed by atoms with Crippen LogP contribution >= 0.6 is 0 Å². The Bertz CT molecular complexity index is 662. The molecule has 0 aromatic carbocycles. The highest BCUT2D eigenvalue weighted by Gasteiger charge is 2.28. The monoisotopic (exact) mass is 372 g/mol. The van der Waals surface area contributed by atoms with Crippen LogP contribution in [0.2, 0.25) is 0 Å². The van der Waals surface area contributed by atoms with Crippen molar-refractivity contribution in [1.29, 1.82) is 0 Å². The summed E-state index contributed by atoms with van der Waals surface area (Å²) in [7, 11) is 0. The fourth-order valence-electron chi connectivity index (χ4n) is 3.71. The molecule has 0 spiro atoms. The molecule has 1 atom stereocenters. The number of hydrogen-bond acceptors (Lipinski definition) is 4. The van der Waals surface area contributed by atoms with Crippen molar-refractivity contribution in [3.63, 3.8) is 0 Å². The first-order valence-electron chi connectivity index (χ1n) is 10.1. The fraction of sp³-hybridized carbons (Fsp3) is 0.591. The lowest BCUT2D eigenvalue weighted by Crippen LogP contribution is -2.35. The van der Waals surface area contributed by atoms with Crippen molar-refractivity contribution in [3.05, 3.63) is 47.4 Å². The van der Waals surface area contributed by atoms with Crippen molar-refractivity contribution in [2.24, 2.45) is 5.92 Å². The van der Waals surface area contributed by atoms with Crippen LogP contribution in [0.5, 0.6) is 0 Å². The van der Waals surface area contributed by atoms with Crippen LogP contribution in [-0.2, 0) is 9.47 Å². The summed E-state index contributed by atoms with van der Waals surface area (Å²) in [6.07, 6.45) is 14.6. The number of carbonyl (C=O) groups excluding carboxylic acids is 1. The molecule has 1 aliphatic heterocycles. The van der Waals surface area contributed by atoms with Crippen molar-refractivity contribution in [1.82, 2.24) is 10.2 Å². The van der Waals surface area contributed by atoms with Crippen molar-refractivity contribution in [2.45, 2.75) is 52.1 Å². The molecule has 1 fully saturated rings. The first kappa shape index (κ1) is 19.7. The van der Waals surface area contributed by atoms with Crippen LogP contribution in [0.4, 0.5) is 4.79 Å². The Labute approximate surface area is 162 Å². The topological polar surface area (TPSA) is 50.8 Å². The number of fused-ring (bicyclic) bond motifs is 1. The van der Waals surface area contributed by atoms with Gasteiger partial charge in [0.1, 0.15) is 18.0 Å². The van der Waals surface area contributed by atoms with Crippen LogP contribution < -0.4 is 5.32 Å². The number of allylic oxidation sites excluding steroid dienone is 7. The highest BCUT2D eigenvalue weighted by Crippen LogP contribution is 2.35. The molecule has 27 heavy (non-hydrogen) atoms. The lowest BCUT2D eigenvalue weighted by molar-refractivity contribution is 0.0540. The van der Waals surface area contributed by atoms with Crippen molar-refractivity contribution >= 4 is 6.09 Å². The lowest BCUT2D eigenvalue weighted by Gasteiger charge is -2.31. The van der Waals surface area contributed by atoms with Crippen molar-refractivity contribution in [2.75, 3.05) is 26.2 Å². The maximum atomic E-state index is 12.2. The maximum Gasteiger partial charge on any atom is 0.411 e. The zero-order chi connectivity index (χ0) is 19.3. The van der Waals surface area contributed by atoms with Gasteiger partial charge in [-0.3, -0.25) is 10.2 Å². The highest BCUT2D eigenvalue weighted by molar-refractivity contribution is 5.71. The van der Waals surface area contributed by atoms with E-state index in [2.05, 4.69) is 28.4 Å². The van der Waals surface area contributed by atoms with E-state index in [0.717, 1.165) is 30.0 Å². The minimum atomic E-state index is -0.511. The first-order valence-corrected chi connectivity index (χ1v) is 10.1. The van der Waals surface area contributed by atoms with E-state index >= 15 is 0 Å². The Morgan fingerprint density at radius 3 is 2.70 bits per heavy atom. The van der Waals surface area contributed by atoms with Crippen LogP contribution in [0.15, 0.2) is 47.4 Å². The number of carbonyl (C=O) groups is 1. The number of alkyl carbamates (subject to hydrolysis) is 1. The number of ether oxygens (including phenoxy) is 2.